The van der Waals surface area contributed by atoms with Crippen LogP contribution in [-0.4, -0.2) is 53.5 Å². The molecule has 0 aliphatic carbocycles. The highest BCUT2D eigenvalue weighted by Crippen LogP contribution is 2.28. The van der Waals surface area contributed by atoms with Crippen molar-refractivity contribution in [2.75, 3.05) is 32.8 Å². The number of carbonyl (C=O) groups is 1. The molecule has 0 atom stereocenters. The first-order valence-corrected chi connectivity index (χ1v) is 11.5. The zero-order valence-electron chi connectivity index (χ0n) is 17.9. The molecule has 7 heteroatoms. The van der Waals surface area contributed by atoms with Gasteiger partial charge < -0.3 is 14.1 Å². The molecule has 0 spiro atoms. The quantitative estimate of drug-likeness (QED) is 0.562. The van der Waals surface area contributed by atoms with Gasteiger partial charge >= 0.3 is 0 Å². The summed E-state index contributed by atoms with van der Waals surface area (Å²) in [6, 6.07) is 14.0. The molecule has 32 heavy (non-hydrogen) atoms. The van der Waals surface area contributed by atoms with Crippen molar-refractivity contribution in [1.29, 1.82) is 0 Å². The van der Waals surface area contributed by atoms with Gasteiger partial charge in [-0.15, -0.1) is 0 Å². The number of ether oxygens (including phenoxy) is 1. The molecular formula is C25H26ClN3O3. The van der Waals surface area contributed by atoms with Gasteiger partial charge in [0.2, 0.25) is 5.91 Å². The van der Waals surface area contributed by atoms with E-state index >= 15 is 0 Å². The molecule has 1 amide bonds. The van der Waals surface area contributed by atoms with E-state index in [1.54, 1.807) is 6.20 Å². The highest BCUT2D eigenvalue weighted by Gasteiger charge is 2.22. The number of aromatic nitrogens is 1. The molecule has 0 saturated carbocycles. The van der Waals surface area contributed by atoms with E-state index in [1.165, 1.54) is 11.1 Å². The number of benzene rings is 2. The molecule has 3 aromatic rings. The highest BCUT2D eigenvalue weighted by molar-refractivity contribution is 6.33. The predicted octanol–water partition coefficient (Wildman–Crippen LogP) is 4.21. The summed E-state index contributed by atoms with van der Waals surface area (Å²) < 4.78 is 11.4. The third-order valence-electron chi connectivity index (χ3n) is 6.13. The van der Waals surface area contributed by atoms with Crippen molar-refractivity contribution in [3.05, 3.63) is 70.7 Å². The fourth-order valence-electron chi connectivity index (χ4n) is 4.34. The first-order chi connectivity index (χ1) is 15.7. The number of fused-ring (bicyclic) bond motifs is 1. The normalized spacial score (nSPS) is 16.1. The predicted molar refractivity (Wildman–Crippen MR) is 123 cm³/mol. The summed E-state index contributed by atoms with van der Waals surface area (Å²) in [5, 5.41) is 0.623. The average molecular weight is 452 g/mol. The lowest BCUT2D eigenvalue weighted by molar-refractivity contribution is -0.133. The van der Waals surface area contributed by atoms with Gasteiger partial charge in [0.05, 0.1) is 17.8 Å². The first kappa shape index (κ1) is 21.0. The summed E-state index contributed by atoms with van der Waals surface area (Å²) >= 11 is 6.23. The summed E-state index contributed by atoms with van der Waals surface area (Å²) in [6.07, 6.45) is 3.55. The molecule has 0 unspecified atom stereocenters. The van der Waals surface area contributed by atoms with Crippen LogP contribution < -0.4 is 4.74 Å². The van der Waals surface area contributed by atoms with Gasteiger partial charge in [0.1, 0.15) is 5.75 Å². The fraction of sp³-hybridized carbons (Fsp3) is 0.360. The smallest absolute Gasteiger partial charge is 0.223 e. The van der Waals surface area contributed by atoms with E-state index in [-0.39, 0.29) is 5.91 Å². The second-order valence-electron chi connectivity index (χ2n) is 8.30. The van der Waals surface area contributed by atoms with Crippen molar-refractivity contribution in [2.24, 2.45) is 0 Å². The number of hydrogen-bond acceptors (Lipinski definition) is 5. The van der Waals surface area contributed by atoms with Crippen LogP contribution in [-0.2, 0) is 24.2 Å². The molecule has 1 aromatic heterocycles. The minimum atomic E-state index is 0.150. The van der Waals surface area contributed by atoms with Crippen molar-refractivity contribution in [1.82, 2.24) is 14.8 Å². The van der Waals surface area contributed by atoms with E-state index in [0.717, 1.165) is 57.1 Å². The molecule has 166 valence electrons. The van der Waals surface area contributed by atoms with Gasteiger partial charge in [-0.2, -0.15) is 0 Å². The number of piperazine rings is 1. The van der Waals surface area contributed by atoms with E-state index < -0.39 is 0 Å². The highest BCUT2D eigenvalue weighted by atomic mass is 35.5. The lowest BCUT2D eigenvalue weighted by Crippen LogP contribution is -2.48. The zero-order chi connectivity index (χ0) is 21.9. The number of nitrogens with zero attached hydrogens (tertiary/aromatic N) is 3. The monoisotopic (exact) mass is 451 g/mol. The third kappa shape index (κ3) is 4.66. The standard InChI is InChI=1S/C25H26ClN3O3/c26-21-4-2-1-3-20(21)23-16-27-24(32-23)7-8-25(30)29-12-10-28(11-13-29)17-18-5-6-22-19(15-18)9-14-31-22/h1-6,15-16H,7-14,17H2. The Hall–Kier alpha value is -2.83. The SMILES string of the molecule is O=C(CCc1ncc(-c2ccccc2Cl)o1)N1CCN(Cc2ccc3c(c2)CCO3)CC1. The summed E-state index contributed by atoms with van der Waals surface area (Å²) in [7, 11) is 0. The molecular weight excluding hydrogens is 426 g/mol. The topological polar surface area (TPSA) is 58.8 Å². The van der Waals surface area contributed by atoms with Gasteiger partial charge in [0, 0.05) is 57.5 Å². The van der Waals surface area contributed by atoms with Crippen LogP contribution in [0.5, 0.6) is 5.75 Å². The van der Waals surface area contributed by atoms with E-state index in [9.17, 15) is 4.79 Å². The van der Waals surface area contributed by atoms with E-state index in [0.29, 0.717) is 29.5 Å². The van der Waals surface area contributed by atoms with Crippen LogP contribution in [0.3, 0.4) is 0 Å². The number of amides is 1. The van der Waals surface area contributed by atoms with Crippen molar-refractivity contribution >= 4 is 17.5 Å². The lowest BCUT2D eigenvalue weighted by atomic mass is 10.1. The molecule has 0 bridgehead atoms. The third-order valence-corrected chi connectivity index (χ3v) is 6.46. The van der Waals surface area contributed by atoms with Gasteiger partial charge in [-0.1, -0.05) is 35.9 Å². The maximum atomic E-state index is 12.7. The molecule has 6 nitrogen and oxygen atoms in total. The summed E-state index contributed by atoms with van der Waals surface area (Å²) in [5.74, 6) is 2.36. The van der Waals surface area contributed by atoms with Crippen molar-refractivity contribution in [3.63, 3.8) is 0 Å². The number of oxazole rings is 1. The minimum absolute atomic E-state index is 0.150. The van der Waals surface area contributed by atoms with Crippen LogP contribution in [0.25, 0.3) is 11.3 Å². The summed E-state index contributed by atoms with van der Waals surface area (Å²) in [5.41, 5.74) is 3.43. The number of carbonyl (C=O) groups excluding carboxylic acids is 1. The first-order valence-electron chi connectivity index (χ1n) is 11.1. The molecule has 2 aromatic carbocycles. The fourth-order valence-corrected chi connectivity index (χ4v) is 4.56. The van der Waals surface area contributed by atoms with Gasteiger partial charge in [-0.05, 0) is 29.3 Å². The Morgan fingerprint density at radius 3 is 2.78 bits per heavy atom. The molecule has 1 saturated heterocycles. The molecule has 0 radical (unpaired) electrons. The Morgan fingerprint density at radius 1 is 1.09 bits per heavy atom. The second-order valence-corrected chi connectivity index (χ2v) is 8.70. The number of rotatable bonds is 6. The van der Waals surface area contributed by atoms with Gasteiger partial charge in [-0.3, -0.25) is 9.69 Å². The van der Waals surface area contributed by atoms with Crippen LogP contribution in [0.15, 0.2) is 53.1 Å². The van der Waals surface area contributed by atoms with Crippen LogP contribution in [0.1, 0.15) is 23.4 Å². The maximum absolute atomic E-state index is 12.7. The zero-order valence-corrected chi connectivity index (χ0v) is 18.7. The molecule has 0 N–H and O–H groups in total. The van der Waals surface area contributed by atoms with Crippen LogP contribution in [0.2, 0.25) is 5.02 Å². The molecule has 2 aliphatic heterocycles. The van der Waals surface area contributed by atoms with Crippen molar-refractivity contribution in [3.8, 4) is 17.1 Å². The van der Waals surface area contributed by atoms with E-state index in [2.05, 4.69) is 28.1 Å². The van der Waals surface area contributed by atoms with E-state index in [4.69, 9.17) is 20.8 Å². The second kappa shape index (κ2) is 9.35. The molecule has 2 aliphatic rings. The Labute approximate surface area is 192 Å². The van der Waals surface area contributed by atoms with Gasteiger partial charge in [0.15, 0.2) is 11.7 Å². The van der Waals surface area contributed by atoms with Crippen molar-refractivity contribution in [2.45, 2.75) is 25.8 Å². The van der Waals surface area contributed by atoms with Gasteiger partial charge in [0.25, 0.3) is 0 Å². The summed E-state index contributed by atoms with van der Waals surface area (Å²) in [4.78, 5) is 21.4. The van der Waals surface area contributed by atoms with Gasteiger partial charge in [-0.25, -0.2) is 4.98 Å². The molecule has 3 heterocycles. The van der Waals surface area contributed by atoms with Crippen LogP contribution in [0.4, 0.5) is 0 Å². The summed E-state index contributed by atoms with van der Waals surface area (Å²) in [6.45, 7) is 4.97. The Morgan fingerprint density at radius 2 is 1.94 bits per heavy atom. The van der Waals surface area contributed by atoms with E-state index in [1.807, 2.05) is 29.2 Å². The molecule has 1 fully saturated rings. The minimum Gasteiger partial charge on any atom is -0.493 e. The number of hydrogen-bond donors (Lipinski definition) is 0. The van der Waals surface area contributed by atoms with Crippen LogP contribution >= 0.6 is 11.6 Å². The number of halogens is 1. The maximum Gasteiger partial charge on any atom is 0.223 e. The van der Waals surface area contributed by atoms with Crippen LogP contribution in [0, 0.1) is 0 Å². The number of aryl methyl sites for hydroxylation is 1. The van der Waals surface area contributed by atoms with Crippen molar-refractivity contribution < 1.29 is 13.9 Å². The Balaban J connectivity index is 1.09. The Kier molecular flexibility index (Phi) is 6.14. The Bertz CT molecular complexity index is 1110. The molecule has 5 rings (SSSR count). The largest absolute Gasteiger partial charge is 0.493 e. The average Bonchev–Trinajstić information content (AvgIpc) is 3.47. The lowest BCUT2D eigenvalue weighted by Gasteiger charge is -2.34.